The van der Waals surface area contributed by atoms with E-state index in [4.69, 9.17) is 9.47 Å². The molecule has 13 heteroatoms. The first-order chi connectivity index (χ1) is 16.6. The Morgan fingerprint density at radius 3 is 2.51 bits per heavy atom. The molecule has 11 nitrogen and oxygen atoms in total. The van der Waals surface area contributed by atoms with E-state index in [1.165, 1.54) is 6.92 Å². The molecule has 4 atom stereocenters. The minimum atomic E-state index is -3.25. The minimum Gasteiger partial charge on any atom is -0.425 e. The van der Waals surface area contributed by atoms with Gasteiger partial charge in [-0.25, -0.2) is 18.0 Å². The Labute approximate surface area is 210 Å². The molecule has 2 heterocycles. The number of fused-ring (bicyclic) bond motifs is 1. The van der Waals surface area contributed by atoms with Gasteiger partial charge in [-0.2, -0.15) is 0 Å². The van der Waals surface area contributed by atoms with Crippen molar-refractivity contribution in [1.82, 2.24) is 16.0 Å². The van der Waals surface area contributed by atoms with Crippen LogP contribution >= 0.6 is 11.8 Å². The Morgan fingerprint density at radius 2 is 1.83 bits per heavy atom. The van der Waals surface area contributed by atoms with Gasteiger partial charge < -0.3 is 25.4 Å². The molecule has 0 bridgehead atoms. The van der Waals surface area contributed by atoms with Gasteiger partial charge in [0, 0.05) is 19.9 Å². The second-order valence-electron chi connectivity index (χ2n) is 9.46. The number of amides is 3. The van der Waals surface area contributed by atoms with Crippen molar-refractivity contribution in [2.75, 3.05) is 18.6 Å². The molecule has 3 N–H and O–H groups in total. The molecule has 3 fully saturated rings. The number of ether oxygens (including phenoxy) is 2. The summed E-state index contributed by atoms with van der Waals surface area (Å²) in [5.74, 6) is -0.416. The van der Waals surface area contributed by atoms with Gasteiger partial charge in [0.1, 0.15) is 0 Å². The van der Waals surface area contributed by atoms with Crippen molar-refractivity contribution in [2.24, 2.45) is 11.8 Å². The summed E-state index contributed by atoms with van der Waals surface area (Å²) in [5, 5.41) is 7.19. The molecule has 3 rings (SSSR count). The molecule has 35 heavy (non-hydrogen) atoms. The van der Waals surface area contributed by atoms with Gasteiger partial charge in [0.05, 0.1) is 29.0 Å². The van der Waals surface area contributed by atoms with Gasteiger partial charge in [0.25, 0.3) is 0 Å². The number of esters is 1. The summed E-state index contributed by atoms with van der Waals surface area (Å²) in [7, 11) is -3.25. The van der Waals surface area contributed by atoms with Gasteiger partial charge in [0.2, 0.25) is 12.2 Å². The number of unbranched alkanes of at least 4 members (excludes halogenated alkanes) is 1. The van der Waals surface area contributed by atoms with Crippen LogP contribution in [-0.2, 0) is 28.9 Å². The SMILES string of the molecule is CSC(=O)OC(C)OC(=O)C1CCC(CNC(=O)CCCC[C@H]2C3NC(=O)NC3CS2(=O)=O)CC1. The van der Waals surface area contributed by atoms with Crippen LogP contribution in [0.25, 0.3) is 0 Å². The van der Waals surface area contributed by atoms with Crippen molar-refractivity contribution in [3.63, 3.8) is 0 Å². The molecule has 0 aromatic carbocycles. The predicted octanol–water partition coefficient (Wildman–Crippen LogP) is 1.71. The molecular formula is C22H35N3O8S2. The summed E-state index contributed by atoms with van der Waals surface area (Å²) >= 11 is 0.912. The topological polar surface area (TPSA) is 157 Å². The molecule has 3 aliphatic rings. The highest BCUT2D eigenvalue weighted by molar-refractivity contribution is 8.12. The summed E-state index contributed by atoms with van der Waals surface area (Å²) < 4.78 is 34.8. The van der Waals surface area contributed by atoms with Crippen molar-refractivity contribution in [1.29, 1.82) is 0 Å². The maximum absolute atomic E-state index is 12.3. The molecule has 1 aliphatic carbocycles. The highest BCUT2D eigenvalue weighted by atomic mass is 32.2. The average molecular weight is 534 g/mol. The number of thioether (sulfide) groups is 1. The van der Waals surface area contributed by atoms with Crippen LogP contribution in [0.1, 0.15) is 58.3 Å². The zero-order valence-corrected chi connectivity index (χ0v) is 21.8. The first kappa shape index (κ1) is 27.6. The van der Waals surface area contributed by atoms with Crippen LogP contribution in [0, 0.1) is 11.8 Å². The molecule has 3 unspecified atom stereocenters. The average Bonchev–Trinajstić information content (AvgIpc) is 3.26. The van der Waals surface area contributed by atoms with E-state index in [9.17, 15) is 27.6 Å². The number of hydrogen-bond donors (Lipinski definition) is 3. The van der Waals surface area contributed by atoms with Crippen LogP contribution < -0.4 is 16.0 Å². The fourth-order valence-corrected chi connectivity index (χ4v) is 7.55. The van der Waals surface area contributed by atoms with Gasteiger partial charge in [-0.1, -0.05) is 6.42 Å². The lowest BCUT2D eigenvalue weighted by atomic mass is 9.82. The molecule has 3 amide bonds. The molecular weight excluding hydrogens is 498 g/mol. The van der Waals surface area contributed by atoms with Crippen molar-refractivity contribution in [3.8, 4) is 0 Å². The van der Waals surface area contributed by atoms with Crippen molar-refractivity contribution in [2.45, 2.75) is 81.9 Å². The fourth-order valence-electron chi connectivity index (χ4n) is 5.05. The normalized spacial score (nSPS) is 29.9. The summed E-state index contributed by atoms with van der Waals surface area (Å²) in [4.78, 5) is 47.2. The first-order valence-corrected chi connectivity index (χ1v) is 15.0. The Hall–Kier alpha value is -2.02. The maximum atomic E-state index is 12.3. The standard InChI is InChI=1S/C22H35N3O8S2/c1-13(33-22(29)34-2)32-20(27)15-9-7-14(8-10-15)11-23-18(26)6-4-3-5-17-19-16(12-35(17,30)31)24-21(28)25-19/h13-17,19H,3-12H2,1-2H3,(H,23,26)(H2,24,25,28)/t13?,14?,15?,16?,17-,19?/m0/s1. The monoisotopic (exact) mass is 533 g/mol. The second kappa shape index (κ2) is 12.3. The molecule has 198 valence electrons. The summed E-state index contributed by atoms with van der Waals surface area (Å²) in [5.41, 5.74) is 0. The van der Waals surface area contributed by atoms with Crippen molar-refractivity contribution >= 4 is 44.8 Å². The van der Waals surface area contributed by atoms with E-state index in [0.29, 0.717) is 45.1 Å². The third-order valence-corrected chi connectivity index (χ3v) is 9.65. The Balaban J connectivity index is 1.27. The predicted molar refractivity (Wildman–Crippen MR) is 129 cm³/mol. The number of carbonyl (C=O) groups is 4. The van der Waals surface area contributed by atoms with Crippen LogP contribution in [0.4, 0.5) is 9.59 Å². The number of sulfone groups is 1. The minimum absolute atomic E-state index is 0.0357. The smallest absolute Gasteiger partial charge is 0.370 e. The Bertz CT molecular complexity index is 904. The van der Waals surface area contributed by atoms with Gasteiger partial charge in [-0.15, -0.1) is 0 Å². The van der Waals surface area contributed by atoms with Crippen LogP contribution in [0.2, 0.25) is 0 Å². The molecule has 2 aliphatic heterocycles. The van der Waals surface area contributed by atoms with E-state index in [1.54, 1.807) is 6.26 Å². The van der Waals surface area contributed by atoms with Gasteiger partial charge >= 0.3 is 17.3 Å². The van der Waals surface area contributed by atoms with Crippen LogP contribution in [0.15, 0.2) is 0 Å². The fraction of sp³-hybridized carbons (Fsp3) is 0.818. The molecule has 0 aromatic rings. The lowest BCUT2D eigenvalue weighted by Crippen LogP contribution is -2.39. The van der Waals surface area contributed by atoms with E-state index in [-0.39, 0.29) is 47.6 Å². The van der Waals surface area contributed by atoms with Crippen molar-refractivity contribution in [3.05, 3.63) is 0 Å². The number of carbonyl (C=O) groups excluding carboxylic acids is 4. The van der Waals surface area contributed by atoms with Crippen LogP contribution in [-0.4, -0.2) is 73.8 Å². The Kier molecular flexibility index (Phi) is 9.68. The van der Waals surface area contributed by atoms with E-state index < -0.39 is 26.7 Å². The third kappa shape index (κ3) is 7.73. The largest absolute Gasteiger partial charge is 0.425 e. The maximum Gasteiger partial charge on any atom is 0.370 e. The molecule has 0 aromatic heterocycles. The highest BCUT2D eigenvalue weighted by Gasteiger charge is 2.51. The molecule has 0 radical (unpaired) electrons. The van der Waals surface area contributed by atoms with Gasteiger partial charge in [0.15, 0.2) is 9.84 Å². The van der Waals surface area contributed by atoms with E-state index in [2.05, 4.69) is 16.0 Å². The van der Waals surface area contributed by atoms with Crippen LogP contribution in [0.3, 0.4) is 0 Å². The molecule has 1 saturated carbocycles. The summed E-state index contributed by atoms with van der Waals surface area (Å²) in [6.45, 7) is 2.06. The van der Waals surface area contributed by atoms with Gasteiger partial charge in [-0.3, -0.25) is 9.59 Å². The zero-order valence-electron chi connectivity index (χ0n) is 20.1. The lowest BCUT2D eigenvalue weighted by molar-refractivity contribution is -0.170. The zero-order chi connectivity index (χ0) is 25.6. The first-order valence-electron chi connectivity index (χ1n) is 12.1. The Morgan fingerprint density at radius 1 is 1.11 bits per heavy atom. The summed E-state index contributed by atoms with van der Waals surface area (Å²) in [6.07, 6.45) is 5.49. The van der Waals surface area contributed by atoms with Crippen LogP contribution in [0.5, 0.6) is 0 Å². The van der Waals surface area contributed by atoms with E-state index in [1.807, 2.05) is 0 Å². The lowest BCUT2D eigenvalue weighted by Gasteiger charge is -2.28. The van der Waals surface area contributed by atoms with E-state index >= 15 is 0 Å². The van der Waals surface area contributed by atoms with E-state index in [0.717, 1.165) is 24.6 Å². The third-order valence-electron chi connectivity index (χ3n) is 6.94. The van der Waals surface area contributed by atoms with Crippen molar-refractivity contribution < 1.29 is 37.1 Å². The number of hydrogen-bond acceptors (Lipinski definition) is 9. The molecule has 2 saturated heterocycles. The second-order valence-corrected chi connectivity index (χ2v) is 12.5. The quantitative estimate of drug-likeness (QED) is 0.165. The van der Waals surface area contributed by atoms with Gasteiger partial charge in [-0.05, 0) is 62.5 Å². The number of urea groups is 1. The number of nitrogens with one attached hydrogen (secondary N) is 3. The number of rotatable bonds is 10. The molecule has 0 spiro atoms. The summed E-state index contributed by atoms with van der Waals surface area (Å²) in [6, 6.07) is -1.07. The highest BCUT2D eigenvalue weighted by Crippen LogP contribution is 2.30.